The number of nitrogens with one attached hydrogen (secondary N) is 1. The zero-order valence-corrected chi connectivity index (χ0v) is 9.69. The van der Waals surface area contributed by atoms with Crippen molar-refractivity contribution in [3.05, 3.63) is 17.2 Å². The number of unbranched alkanes of at least 4 members (excludes halogenated alkanes) is 2. The van der Waals surface area contributed by atoms with Crippen LogP contribution in [0.15, 0.2) is 0 Å². The molecule has 0 atom stereocenters. The standard InChI is InChI=1S/C12H22N2/c1-4-6-8-11-12(9-7-5-2)14-10(3)13-11/h4-9H2,1-3H3,(H,13,14). The van der Waals surface area contributed by atoms with E-state index in [0.717, 1.165) is 18.7 Å². The molecule has 2 nitrogen and oxygen atoms in total. The lowest BCUT2D eigenvalue weighted by Crippen LogP contribution is -1.93. The van der Waals surface area contributed by atoms with Gasteiger partial charge in [-0.2, -0.15) is 0 Å². The molecule has 1 N–H and O–H groups in total. The molecule has 0 aliphatic rings. The first kappa shape index (κ1) is 11.3. The molecule has 0 fully saturated rings. The van der Waals surface area contributed by atoms with Crippen molar-refractivity contribution in [2.24, 2.45) is 0 Å². The van der Waals surface area contributed by atoms with Gasteiger partial charge in [0.05, 0.1) is 5.69 Å². The van der Waals surface area contributed by atoms with Crippen molar-refractivity contribution in [2.45, 2.75) is 59.3 Å². The highest BCUT2D eigenvalue weighted by molar-refractivity contribution is 5.14. The van der Waals surface area contributed by atoms with Crippen molar-refractivity contribution >= 4 is 0 Å². The zero-order valence-electron chi connectivity index (χ0n) is 9.69. The monoisotopic (exact) mass is 194 g/mol. The number of aromatic amines is 1. The molecule has 1 heterocycles. The minimum absolute atomic E-state index is 1.07. The van der Waals surface area contributed by atoms with Crippen LogP contribution in [0.1, 0.15) is 56.7 Å². The molecule has 14 heavy (non-hydrogen) atoms. The van der Waals surface area contributed by atoms with Crippen LogP contribution in [0.3, 0.4) is 0 Å². The summed E-state index contributed by atoms with van der Waals surface area (Å²) in [6, 6.07) is 0. The summed E-state index contributed by atoms with van der Waals surface area (Å²) in [5, 5.41) is 0. The van der Waals surface area contributed by atoms with Gasteiger partial charge >= 0.3 is 0 Å². The first-order chi connectivity index (χ1) is 6.77. The average Bonchev–Trinajstić information content (AvgIpc) is 2.52. The Bertz CT molecular complexity index is 238. The molecule has 0 aliphatic carbocycles. The predicted molar refractivity (Wildman–Crippen MR) is 60.5 cm³/mol. The maximum absolute atomic E-state index is 4.55. The van der Waals surface area contributed by atoms with Crippen LogP contribution in [0, 0.1) is 6.92 Å². The highest BCUT2D eigenvalue weighted by Gasteiger charge is 2.06. The lowest BCUT2D eigenvalue weighted by atomic mass is 10.1. The molecule has 0 saturated heterocycles. The lowest BCUT2D eigenvalue weighted by molar-refractivity contribution is 0.741. The Kier molecular flexibility index (Phi) is 4.71. The lowest BCUT2D eigenvalue weighted by Gasteiger charge is -2.00. The minimum Gasteiger partial charge on any atom is -0.346 e. The number of nitrogens with zero attached hydrogens (tertiary/aromatic N) is 1. The maximum Gasteiger partial charge on any atom is 0.103 e. The van der Waals surface area contributed by atoms with Gasteiger partial charge in [-0.05, 0) is 32.6 Å². The van der Waals surface area contributed by atoms with Crippen molar-refractivity contribution in [1.29, 1.82) is 0 Å². The average molecular weight is 194 g/mol. The number of hydrogen-bond acceptors (Lipinski definition) is 1. The number of aryl methyl sites for hydroxylation is 3. The Morgan fingerprint density at radius 2 is 1.71 bits per heavy atom. The molecule has 0 aromatic carbocycles. The Labute approximate surface area is 87.1 Å². The molecular weight excluding hydrogens is 172 g/mol. The van der Waals surface area contributed by atoms with Crippen molar-refractivity contribution < 1.29 is 0 Å². The largest absolute Gasteiger partial charge is 0.346 e. The van der Waals surface area contributed by atoms with Gasteiger partial charge in [-0.1, -0.05) is 26.7 Å². The molecule has 1 aromatic rings. The van der Waals surface area contributed by atoms with E-state index in [9.17, 15) is 0 Å². The van der Waals surface area contributed by atoms with Gasteiger partial charge < -0.3 is 4.98 Å². The summed E-state index contributed by atoms with van der Waals surface area (Å²) < 4.78 is 0. The summed E-state index contributed by atoms with van der Waals surface area (Å²) >= 11 is 0. The molecule has 80 valence electrons. The Hall–Kier alpha value is -0.790. The topological polar surface area (TPSA) is 28.7 Å². The number of hydrogen-bond donors (Lipinski definition) is 1. The molecule has 0 aliphatic heterocycles. The van der Waals surface area contributed by atoms with E-state index in [1.807, 2.05) is 6.92 Å². The SMILES string of the molecule is CCCCc1nc(C)[nH]c1CCCC. The Balaban J connectivity index is 2.60. The predicted octanol–water partition coefficient (Wildman–Crippen LogP) is 3.40. The molecule has 2 heteroatoms. The fourth-order valence-electron chi connectivity index (χ4n) is 1.70. The Morgan fingerprint density at radius 3 is 2.36 bits per heavy atom. The van der Waals surface area contributed by atoms with E-state index >= 15 is 0 Å². The fourth-order valence-corrected chi connectivity index (χ4v) is 1.70. The van der Waals surface area contributed by atoms with Crippen LogP contribution >= 0.6 is 0 Å². The number of H-pyrrole nitrogens is 1. The van der Waals surface area contributed by atoms with Gasteiger partial charge in [-0.15, -0.1) is 0 Å². The first-order valence-corrected chi connectivity index (χ1v) is 5.82. The van der Waals surface area contributed by atoms with Crippen molar-refractivity contribution in [2.75, 3.05) is 0 Å². The van der Waals surface area contributed by atoms with E-state index in [1.165, 1.54) is 37.1 Å². The number of aromatic nitrogens is 2. The molecule has 0 unspecified atom stereocenters. The molecule has 0 radical (unpaired) electrons. The maximum atomic E-state index is 4.55. The van der Waals surface area contributed by atoms with Crippen LogP contribution in [-0.4, -0.2) is 9.97 Å². The summed E-state index contributed by atoms with van der Waals surface area (Å²) in [5.41, 5.74) is 2.68. The van der Waals surface area contributed by atoms with Crippen molar-refractivity contribution in [1.82, 2.24) is 9.97 Å². The highest BCUT2D eigenvalue weighted by atomic mass is 14.9. The minimum atomic E-state index is 1.07. The zero-order chi connectivity index (χ0) is 10.4. The second-order valence-corrected chi connectivity index (χ2v) is 3.95. The van der Waals surface area contributed by atoms with Crippen LogP contribution in [0.5, 0.6) is 0 Å². The van der Waals surface area contributed by atoms with Crippen LogP contribution in [0.4, 0.5) is 0 Å². The third-order valence-electron chi connectivity index (χ3n) is 2.53. The van der Waals surface area contributed by atoms with Crippen molar-refractivity contribution in [3.63, 3.8) is 0 Å². The van der Waals surface area contributed by atoms with E-state index in [4.69, 9.17) is 0 Å². The molecule has 0 amide bonds. The van der Waals surface area contributed by atoms with Gasteiger partial charge in [0.1, 0.15) is 5.82 Å². The second-order valence-electron chi connectivity index (χ2n) is 3.95. The van der Waals surface area contributed by atoms with Gasteiger partial charge in [0.25, 0.3) is 0 Å². The van der Waals surface area contributed by atoms with Crippen LogP contribution in [0.2, 0.25) is 0 Å². The van der Waals surface area contributed by atoms with Crippen LogP contribution in [0.25, 0.3) is 0 Å². The normalized spacial score (nSPS) is 10.8. The van der Waals surface area contributed by atoms with Crippen LogP contribution < -0.4 is 0 Å². The number of imidazole rings is 1. The quantitative estimate of drug-likeness (QED) is 0.738. The van der Waals surface area contributed by atoms with Gasteiger partial charge in [0, 0.05) is 5.69 Å². The van der Waals surface area contributed by atoms with E-state index in [2.05, 4.69) is 23.8 Å². The molecular formula is C12H22N2. The molecule has 1 aromatic heterocycles. The second kappa shape index (κ2) is 5.84. The van der Waals surface area contributed by atoms with E-state index < -0.39 is 0 Å². The molecule has 0 spiro atoms. The van der Waals surface area contributed by atoms with E-state index in [-0.39, 0.29) is 0 Å². The van der Waals surface area contributed by atoms with Gasteiger partial charge in [0.2, 0.25) is 0 Å². The summed E-state index contributed by atoms with van der Waals surface area (Å²) in [6.45, 7) is 6.51. The first-order valence-electron chi connectivity index (χ1n) is 5.82. The summed E-state index contributed by atoms with van der Waals surface area (Å²) in [4.78, 5) is 7.92. The van der Waals surface area contributed by atoms with Gasteiger partial charge in [-0.25, -0.2) is 4.98 Å². The molecule has 0 bridgehead atoms. The highest BCUT2D eigenvalue weighted by Crippen LogP contribution is 2.12. The van der Waals surface area contributed by atoms with E-state index in [1.54, 1.807) is 0 Å². The third kappa shape index (κ3) is 3.17. The van der Waals surface area contributed by atoms with Gasteiger partial charge in [-0.3, -0.25) is 0 Å². The molecule has 0 saturated carbocycles. The van der Waals surface area contributed by atoms with Gasteiger partial charge in [0.15, 0.2) is 0 Å². The third-order valence-corrected chi connectivity index (χ3v) is 2.53. The Morgan fingerprint density at radius 1 is 1.07 bits per heavy atom. The summed E-state index contributed by atoms with van der Waals surface area (Å²) in [5.74, 6) is 1.07. The smallest absolute Gasteiger partial charge is 0.103 e. The van der Waals surface area contributed by atoms with Crippen LogP contribution in [-0.2, 0) is 12.8 Å². The number of rotatable bonds is 6. The fraction of sp³-hybridized carbons (Fsp3) is 0.750. The van der Waals surface area contributed by atoms with Crippen molar-refractivity contribution in [3.8, 4) is 0 Å². The summed E-state index contributed by atoms with van der Waals surface area (Å²) in [6.07, 6.45) is 7.32. The van der Waals surface area contributed by atoms with E-state index in [0.29, 0.717) is 0 Å². The summed E-state index contributed by atoms with van der Waals surface area (Å²) in [7, 11) is 0. The molecule has 1 rings (SSSR count).